The Morgan fingerprint density at radius 3 is 2.43 bits per heavy atom. The minimum absolute atomic E-state index is 0.0229. The second-order valence-corrected chi connectivity index (χ2v) is 7.77. The maximum absolute atomic E-state index is 12.1. The van der Waals surface area contributed by atoms with Crippen molar-refractivity contribution in [1.29, 1.82) is 0 Å². The van der Waals surface area contributed by atoms with Crippen molar-refractivity contribution in [2.45, 2.75) is 9.92 Å². The van der Waals surface area contributed by atoms with Crippen LogP contribution in [0.25, 0.3) is 0 Å². The standard InChI is InChI=1S/C10H11ClN4O4S2/c1-15-5-10(13-6-15)21(18,19)14-9-3-2-7(4-8(9)11)20(12,16)17/h2-6,14H,1H3,(H2,12,16,17). The second-order valence-electron chi connectivity index (χ2n) is 4.17. The fourth-order valence-corrected chi connectivity index (χ4v) is 3.43. The number of hydrogen-bond donors (Lipinski definition) is 2. The summed E-state index contributed by atoms with van der Waals surface area (Å²) >= 11 is 5.86. The van der Waals surface area contributed by atoms with Crippen molar-refractivity contribution in [3.05, 3.63) is 35.7 Å². The fourth-order valence-electron chi connectivity index (χ4n) is 1.48. The van der Waals surface area contributed by atoms with Gasteiger partial charge in [0, 0.05) is 13.2 Å². The summed E-state index contributed by atoms with van der Waals surface area (Å²) in [4.78, 5) is 3.51. The van der Waals surface area contributed by atoms with Crippen LogP contribution < -0.4 is 9.86 Å². The summed E-state index contributed by atoms with van der Waals surface area (Å²) < 4.78 is 50.2. The van der Waals surface area contributed by atoms with E-state index < -0.39 is 20.0 Å². The second kappa shape index (κ2) is 5.30. The highest BCUT2D eigenvalue weighted by atomic mass is 35.5. The number of sulfonamides is 2. The number of anilines is 1. The van der Waals surface area contributed by atoms with Gasteiger partial charge in [-0.15, -0.1) is 0 Å². The average Bonchev–Trinajstić information content (AvgIpc) is 2.78. The van der Waals surface area contributed by atoms with Crippen molar-refractivity contribution in [3.63, 3.8) is 0 Å². The van der Waals surface area contributed by atoms with Crippen LogP contribution in [0.5, 0.6) is 0 Å². The van der Waals surface area contributed by atoms with Crippen molar-refractivity contribution >= 4 is 37.3 Å². The molecule has 11 heteroatoms. The Morgan fingerprint density at radius 2 is 1.95 bits per heavy atom. The summed E-state index contributed by atoms with van der Waals surface area (Å²) in [6, 6.07) is 3.42. The summed E-state index contributed by atoms with van der Waals surface area (Å²) in [5, 5.41) is 4.68. The van der Waals surface area contributed by atoms with Crippen LogP contribution in [-0.4, -0.2) is 26.4 Å². The van der Waals surface area contributed by atoms with Gasteiger partial charge in [-0.05, 0) is 18.2 Å². The number of nitrogens with two attached hydrogens (primary N) is 1. The number of nitrogens with zero attached hydrogens (tertiary/aromatic N) is 2. The lowest BCUT2D eigenvalue weighted by atomic mass is 10.3. The monoisotopic (exact) mass is 350 g/mol. The van der Waals surface area contributed by atoms with E-state index in [4.69, 9.17) is 16.7 Å². The van der Waals surface area contributed by atoms with Crippen LogP contribution in [0.1, 0.15) is 0 Å². The molecule has 114 valence electrons. The Balaban J connectivity index is 2.36. The molecular weight excluding hydrogens is 340 g/mol. The Kier molecular flexibility index (Phi) is 3.97. The van der Waals surface area contributed by atoms with Gasteiger partial charge in [0.15, 0.2) is 5.03 Å². The minimum atomic E-state index is -3.91. The predicted molar refractivity (Wildman–Crippen MR) is 76.8 cm³/mol. The maximum atomic E-state index is 12.1. The Morgan fingerprint density at radius 1 is 1.29 bits per heavy atom. The van der Waals surface area contributed by atoms with Crippen molar-refractivity contribution in [2.75, 3.05) is 4.72 Å². The Labute approximate surface area is 126 Å². The van der Waals surface area contributed by atoms with E-state index in [1.54, 1.807) is 7.05 Å². The summed E-state index contributed by atoms with van der Waals surface area (Å²) in [5.74, 6) is 0. The lowest BCUT2D eigenvalue weighted by molar-refractivity contribution is 0.596. The van der Waals surface area contributed by atoms with E-state index in [-0.39, 0.29) is 20.6 Å². The van der Waals surface area contributed by atoms with Crippen LogP contribution >= 0.6 is 11.6 Å². The van der Waals surface area contributed by atoms with Gasteiger partial charge in [-0.3, -0.25) is 4.72 Å². The number of primary sulfonamides is 1. The summed E-state index contributed by atoms with van der Waals surface area (Å²) in [7, 11) is -6.20. The third-order valence-electron chi connectivity index (χ3n) is 2.47. The molecule has 0 aliphatic heterocycles. The molecular formula is C10H11ClN4O4S2. The zero-order valence-electron chi connectivity index (χ0n) is 10.7. The zero-order chi connectivity index (χ0) is 15.8. The molecule has 0 fully saturated rings. The number of imidazole rings is 1. The largest absolute Gasteiger partial charge is 0.339 e. The Hall–Kier alpha value is -1.62. The first-order valence-corrected chi connectivity index (χ1v) is 8.83. The van der Waals surface area contributed by atoms with Crippen molar-refractivity contribution in [3.8, 4) is 0 Å². The third-order valence-corrected chi connectivity index (χ3v) is 4.94. The first-order chi connectivity index (χ1) is 9.59. The molecule has 0 atom stereocenters. The van der Waals surface area contributed by atoms with Gasteiger partial charge in [0.1, 0.15) is 0 Å². The number of aryl methyl sites for hydroxylation is 1. The third kappa shape index (κ3) is 3.53. The molecule has 21 heavy (non-hydrogen) atoms. The number of benzene rings is 1. The molecule has 0 spiro atoms. The number of rotatable bonds is 4. The molecule has 0 saturated carbocycles. The molecule has 8 nitrogen and oxygen atoms in total. The van der Waals surface area contributed by atoms with Gasteiger partial charge in [0.25, 0.3) is 10.0 Å². The molecule has 0 radical (unpaired) electrons. The van der Waals surface area contributed by atoms with Gasteiger partial charge in [-0.1, -0.05) is 11.6 Å². The molecule has 0 saturated heterocycles. The highest BCUT2D eigenvalue weighted by Gasteiger charge is 2.19. The SMILES string of the molecule is Cn1cnc(S(=O)(=O)Nc2ccc(S(N)(=O)=O)cc2Cl)c1. The van der Waals surface area contributed by atoms with Crippen LogP contribution in [0.2, 0.25) is 5.02 Å². The summed E-state index contributed by atoms with van der Waals surface area (Å²) in [6.45, 7) is 0. The van der Waals surface area contributed by atoms with Gasteiger partial charge in [0.05, 0.1) is 21.9 Å². The van der Waals surface area contributed by atoms with E-state index in [2.05, 4.69) is 9.71 Å². The van der Waals surface area contributed by atoms with Crippen LogP contribution in [0, 0.1) is 0 Å². The van der Waals surface area contributed by atoms with E-state index in [0.717, 1.165) is 12.1 Å². The maximum Gasteiger partial charge on any atom is 0.280 e. The zero-order valence-corrected chi connectivity index (χ0v) is 13.1. The predicted octanol–water partition coefficient (Wildman–Crippen LogP) is 0.522. The highest BCUT2D eigenvalue weighted by molar-refractivity contribution is 7.92. The number of hydrogen-bond acceptors (Lipinski definition) is 5. The molecule has 1 aromatic carbocycles. The molecule has 0 amide bonds. The number of halogens is 1. The van der Waals surface area contributed by atoms with Crippen LogP contribution in [0.4, 0.5) is 5.69 Å². The summed E-state index contributed by atoms with van der Waals surface area (Å²) in [5.41, 5.74) is 0.0229. The van der Waals surface area contributed by atoms with Gasteiger partial charge in [-0.2, -0.15) is 8.42 Å². The van der Waals surface area contributed by atoms with E-state index in [0.29, 0.717) is 0 Å². The topological polar surface area (TPSA) is 124 Å². The van der Waals surface area contributed by atoms with Gasteiger partial charge in [-0.25, -0.2) is 18.5 Å². The highest BCUT2D eigenvalue weighted by Crippen LogP contribution is 2.26. The van der Waals surface area contributed by atoms with E-state index in [1.165, 1.54) is 23.2 Å². The molecule has 0 aliphatic rings. The normalized spacial score (nSPS) is 12.3. The lowest BCUT2D eigenvalue weighted by Gasteiger charge is -2.08. The molecule has 2 aromatic rings. The van der Waals surface area contributed by atoms with Gasteiger partial charge < -0.3 is 4.57 Å². The molecule has 0 bridgehead atoms. The van der Waals surface area contributed by atoms with Gasteiger partial charge in [0.2, 0.25) is 10.0 Å². The first-order valence-electron chi connectivity index (χ1n) is 5.43. The van der Waals surface area contributed by atoms with Crippen molar-refractivity contribution in [2.24, 2.45) is 12.2 Å². The van der Waals surface area contributed by atoms with Crippen LogP contribution in [0.3, 0.4) is 0 Å². The smallest absolute Gasteiger partial charge is 0.280 e. The minimum Gasteiger partial charge on any atom is -0.339 e. The van der Waals surface area contributed by atoms with Crippen LogP contribution in [0.15, 0.2) is 40.6 Å². The molecule has 1 aromatic heterocycles. The molecule has 1 heterocycles. The molecule has 3 N–H and O–H groups in total. The van der Waals surface area contributed by atoms with Crippen molar-refractivity contribution < 1.29 is 16.8 Å². The molecule has 0 aliphatic carbocycles. The number of nitrogens with one attached hydrogen (secondary N) is 1. The van der Waals surface area contributed by atoms with Crippen molar-refractivity contribution in [1.82, 2.24) is 9.55 Å². The van der Waals surface area contributed by atoms with Crippen LogP contribution in [-0.2, 0) is 27.1 Å². The van der Waals surface area contributed by atoms with E-state index in [9.17, 15) is 16.8 Å². The van der Waals surface area contributed by atoms with Gasteiger partial charge >= 0.3 is 0 Å². The first kappa shape index (κ1) is 15.8. The lowest BCUT2D eigenvalue weighted by Crippen LogP contribution is -2.15. The quantitative estimate of drug-likeness (QED) is 0.831. The average molecular weight is 351 g/mol. The molecule has 2 rings (SSSR count). The fraction of sp³-hybridized carbons (Fsp3) is 0.100. The number of aromatic nitrogens is 2. The Bertz CT molecular complexity index is 890. The van der Waals surface area contributed by atoms with E-state index in [1.807, 2.05) is 0 Å². The molecule has 0 unspecified atom stereocenters. The van der Waals surface area contributed by atoms with E-state index >= 15 is 0 Å². The summed E-state index contributed by atoms with van der Waals surface area (Å²) in [6.07, 6.45) is 2.65.